The van der Waals surface area contributed by atoms with Crippen LogP contribution in [0.5, 0.6) is 0 Å². The molecule has 2 N–H and O–H groups in total. The van der Waals surface area contributed by atoms with Crippen molar-refractivity contribution in [2.75, 3.05) is 13.1 Å². The van der Waals surface area contributed by atoms with E-state index in [9.17, 15) is 9.59 Å². The summed E-state index contributed by atoms with van der Waals surface area (Å²) in [5.41, 5.74) is 0.618. The van der Waals surface area contributed by atoms with E-state index in [4.69, 9.17) is 5.11 Å². The summed E-state index contributed by atoms with van der Waals surface area (Å²) in [6.07, 6.45) is 1.36. The molecule has 7 nitrogen and oxygen atoms in total. The standard InChI is InChI=1S/C10H15N3O4/c1-2-13(5-3-9(14)15)10(16)11-7-8-4-6-17-12-8/h4,6H,2-3,5,7H2,1H3,(H,11,16)(H,14,15). The van der Waals surface area contributed by atoms with Gasteiger partial charge in [0.2, 0.25) is 0 Å². The van der Waals surface area contributed by atoms with Gasteiger partial charge < -0.3 is 19.8 Å². The van der Waals surface area contributed by atoms with E-state index >= 15 is 0 Å². The third kappa shape index (κ3) is 4.54. The van der Waals surface area contributed by atoms with Gasteiger partial charge in [-0.25, -0.2) is 4.79 Å². The Bertz CT molecular complexity index is 364. The first-order valence-electron chi connectivity index (χ1n) is 5.27. The van der Waals surface area contributed by atoms with Crippen molar-refractivity contribution >= 4 is 12.0 Å². The molecule has 0 spiro atoms. The molecule has 0 saturated carbocycles. The minimum atomic E-state index is -0.923. The molecule has 1 aromatic heterocycles. The highest BCUT2D eigenvalue weighted by Crippen LogP contribution is 1.96. The van der Waals surface area contributed by atoms with Gasteiger partial charge in [-0.15, -0.1) is 0 Å². The van der Waals surface area contributed by atoms with Crippen LogP contribution in [0.15, 0.2) is 16.9 Å². The number of rotatable bonds is 6. The van der Waals surface area contributed by atoms with Gasteiger partial charge >= 0.3 is 12.0 Å². The lowest BCUT2D eigenvalue weighted by Crippen LogP contribution is -2.40. The van der Waals surface area contributed by atoms with Crippen molar-refractivity contribution in [1.82, 2.24) is 15.4 Å². The summed E-state index contributed by atoms with van der Waals surface area (Å²) < 4.78 is 4.62. The summed E-state index contributed by atoms with van der Waals surface area (Å²) in [7, 11) is 0. The smallest absolute Gasteiger partial charge is 0.317 e. The molecule has 1 heterocycles. The lowest BCUT2D eigenvalue weighted by Gasteiger charge is -2.20. The van der Waals surface area contributed by atoms with Crippen molar-refractivity contribution in [2.24, 2.45) is 0 Å². The lowest BCUT2D eigenvalue weighted by atomic mass is 10.4. The zero-order valence-electron chi connectivity index (χ0n) is 9.55. The number of amides is 2. The van der Waals surface area contributed by atoms with Crippen LogP contribution in [-0.2, 0) is 11.3 Å². The van der Waals surface area contributed by atoms with E-state index in [0.29, 0.717) is 12.2 Å². The molecule has 0 fully saturated rings. The molecule has 1 aromatic rings. The van der Waals surface area contributed by atoms with Crippen molar-refractivity contribution in [2.45, 2.75) is 19.9 Å². The normalized spacial score (nSPS) is 9.94. The van der Waals surface area contributed by atoms with Gasteiger partial charge in [-0.2, -0.15) is 0 Å². The number of urea groups is 1. The molecule has 2 amide bonds. The fourth-order valence-corrected chi connectivity index (χ4v) is 1.24. The Morgan fingerprint density at radius 1 is 1.59 bits per heavy atom. The number of nitrogens with zero attached hydrogens (tertiary/aromatic N) is 2. The molecule has 1 rings (SSSR count). The fourth-order valence-electron chi connectivity index (χ4n) is 1.24. The summed E-state index contributed by atoms with van der Waals surface area (Å²) in [6, 6.07) is 1.34. The summed E-state index contributed by atoms with van der Waals surface area (Å²) in [5, 5.41) is 14.8. The summed E-state index contributed by atoms with van der Waals surface area (Å²) in [4.78, 5) is 23.5. The predicted octanol–water partition coefficient (Wildman–Crippen LogP) is 0.681. The minimum absolute atomic E-state index is 0.0643. The average Bonchev–Trinajstić information content (AvgIpc) is 2.79. The molecule has 0 unspecified atom stereocenters. The zero-order chi connectivity index (χ0) is 12.7. The second kappa shape index (κ2) is 6.51. The van der Waals surface area contributed by atoms with Gasteiger partial charge in [0.1, 0.15) is 12.0 Å². The Kier molecular flexibility index (Phi) is 4.99. The Hall–Kier alpha value is -2.05. The molecule has 0 aliphatic heterocycles. The molecule has 94 valence electrons. The van der Waals surface area contributed by atoms with E-state index in [1.54, 1.807) is 13.0 Å². The zero-order valence-corrected chi connectivity index (χ0v) is 9.55. The predicted molar refractivity (Wildman–Crippen MR) is 58.2 cm³/mol. The number of carbonyl (C=O) groups is 2. The molecule has 0 aliphatic rings. The molecule has 7 heteroatoms. The largest absolute Gasteiger partial charge is 0.481 e. The van der Waals surface area contributed by atoms with Crippen molar-refractivity contribution in [1.29, 1.82) is 0 Å². The topological polar surface area (TPSA) is 95.7 Å². The van der Waals surface area contributed by atoms with Crippen molar-refractivity contribution in [3.8, 4) is 0 Å². The highest BCUT2D eigenvalue weighted by atomic mass is 16.5. The van der Waals surface area contributed by atoms with Crippen molar-refractivity contribution in [3.05, 3.63) is 18.0 Å². The Morgan fingerprint density at radius 3 is 2.88 bits per heavy atom. The first-order valence-corrected chi connectivity index (χ1v) is 5.27. The number of aliphatic carboxylic acids is 1. The van der Waals surface area contributed by atoms with Gasteiger partial charge in [0.25, 0.3) is 0 Å². The number of aromatic nitrogens is 1. The number of hydrogen-bond acceptors (Lipinski definition) is 4. The molecular weight excluding hydrogens is 226 g/mol. The number of carboxylic acids is 1. The van der Waals surface area contributed by atoms with E-state index in [1.165, 1.54) is 11.2 Å². The minimum Gasteiger partial charge on any atom is -0.481 e. The quantitative estimate of drug-likeness (QED) is 0.763. The van der Waals surface area contributed by atoms with Crippen molar-refractivity contribution < 1.29 is 19.2 Å². The van der Waals surface area contributed by atoms with E-state index in [1.807, 2.05) is 0 Å². The van der Waals surface area contributed by atoms with Crippen LogP contribution in [0.1, 0.15) is 19.0 Å². The van der Waals surface area contributed by atoms with Gasteiger partial charge in [0.05, 0.1) is 13.0 Å². The molecule has 0 radical (unpaired) electrons. The van der Waals surface area contributed by atoms with Crippen LogP contribution in [0.3, 0.4) is 0 Å². The fraction of sp³-hybridized carbons (Fsp3) is 0.500. The SMILES string of the molecule is CCN(CCC(=O)O)C(=O)NCc1ccon1. The molecular formula is C10H15N3O4. The second-order valence-corrected chi connectivity index (χ2v) is 3.37. The van der Waals surface area contributed by atoms with E-state index < -0.39 is 5.97 Å². The maximum Gasteiger partial charge on any atom is 0.317 e. The monoisotopic (exact) mass is 241 g/mol. The Labute approximate surface area is 98.4 Å². The Balaban J connectivity index is 2.35. The highest BCUT2D eigenvalue weighted by molar-refractivity contribution is 5.75. The molecule has 0 bridgehead atoms. The molecule has 0 atom stereocenters. The van der Waals surface area contributed by atoms with E-state index in [2.05, 4.69) is 15.0 Å². The van der Waals surface area contributed by atoms with Crippen LogP contribution in [0.25, 0.3) is 0 Å². The summed E-state index contributed by atoms with van der Waals surface area (Å²) in [5.74, 6) is -0.923. The maximum atomic E-state index is 11.6. The van der Waals surface area contributed by atoms with Crippen LogP contribution < -0.4 is 5.32 Å². The molecule has 0 aliphatic carbocycles. The third-order valence-corrected chi connectivity index (χ3v) is 2.18. The second-order valence-electron chi connectivity index (χ2n) is 3.37. The third-order valence-electron chi connectivity index (χ3n) is 2.18. The number of nitrogens with one attached hydrogen (secondary N) is 1. The first-order chi connectivity index (χ1) is 8.13. The number of carboxylic acid groups (broad SMARTS) is 1. The van der Waals surface area contributed by atoms with Gasteiger partial charge in [0, 0.05) is 19.2 Å². The highest BCUT2D eigenvalue weighted by Gasteiger charge is 2.12. The van der Waals surface area contributed by atoms with Gasteiger partial charge in [-0.3, -0.25) is 4.79 Å². The lowest BCUT2D eigenvalue weighted by molar-refractivity contribution is -0.137. The van der Waals surface area contributed by atoms with Crippen LogP contribution in [0.2, 0.25) is 0 Å². The average molecular weight is 241 g/mol. The van der Waals surface area contributed by atoms with Crippen LogP contribution >= 0.6 is 0 Å². The van der Waals surface area contributed by atoms with E-state index in [-0.39, 0.29) is 25.5 Å². The van der Waals surface area contributed by atoms with Gasteiger partial charge in [0.15, 0.2) is 0 Å². The van der Waals surface area contributed by atoms with E-state index in [0.717, 1.165) is 0 Å². The van der Waals surface area contributed by atoms with Crippen LogP contribution in [-0.4, -0.2) is 40.3 Å². The number of hydrogen-bond donors (Lipinski definition) is 2. The van der Waals surface area contributed by atoms with Crippen molar-refractivity contribution in [3.63, 3.8) is 0 Å². The molecule has 0 saturated heterocycles. The van der Waals surface area contributed by atoms with Gasteiger partial charge in [-0.1, -0.05) is 5.16 Å². The van der Waals surface area contributed by atoms with Gasteiger partial charge in [-0.05, 0) is 6.92 Å². The van der Waals surface area contributed by atoms with Crippen LogP contribution in [0.4, 0.5) is 4.79 Å². The number of carbonyl (C=O) groups excluding carboxylic acids is 1. The summed E-state index contributed by atoms with van der Waals surface area (Å²) in [6.45, 7) is 2.70. The van der Waals surface area contributed by atoms with Crippen LogP contribution in [0, 0.1) is 0 Å². The summed E-state index contributed by atoms with van der Waals surface area (Å²) >= 11 is 0. The molecule has 0 aromatic carbocycles. The Morgan fingerprint density at radius 2 is 2.35 bits per heavy atom. The molecule has 17 heavy (non-hydrogen) atoms. The maximum absolute atomic E-state index is 11.6. The first kappa shape index (κ1) is 13.0.